The van der Waals surface area contributed by atoms with Crippen molar-refractivity contribution in [2.75, 3.05) is 7.05 Å². The molecule has 4 heteroatoms. The van der Waals surface area contributed by atoms with Gasteiger partial charge in [0.1, 0.15) is 0 Å². The standard InChI is InChI=1S/C10H14ClFN2/c1-10(2,13-3)5-7-4-8(11)6-14-9(7)12/h4,6,13H,5H2,1-3H3. The van der Waals surface area contributed by atoms with Crippen LogP contribution in [0, 0.1) is 5.95 Å². The summed E-state index contributed by atoms with van der Waals surface area (Å²) >= 11 is 5.74. The molecule has 0 bridgehead atoms. The van der Waals surface area contributed by atoms with Crippen LogP contribution in [0.2, 0.25) is 5.02 Å². The third-order valence-electron chi connectivity index (χ3n) is 2.19. The average molecular weight is 217 g/mol. The van der Waals surface area contributed by atoms with E-state index in [9.17, 15) is 4.39 Å². The molecule has 0 amide bonds. The summed E-state index contributed by atoms with van der Waals surface area (Å²) in [6, 6.07) is 1.61. The topological polar surface area (TPSA) is 24.9 Å². The van der Waals surface area contributed by atoms with Crippen LogP contribution in [-0.4, -0.2) is 17.6 Å². The van der Waals surface area contributed by atoms with E-state index in [1.165, 1.54) is 6.20 Å². The van der Waals surface area contributed by atoms with Gasteiger partial charge in [-0.25, -0.2) is 4.98 Å². The molecule has 0 spiro atoms. The normalized spacial score (nSPS) is 11.8. The van der Waals surface area contributed by atoms with Crippen molar-refractivity contribution in [1.29, 1.82) is 0 Å². The van der Waals surface area contributed by atoms with E-state index >= 15 is 0 Å². The van der Waals surface area contributed by atoms with Crippen LogP contribution in [0.25, 0.3) is 0 Å². The molecular weight excluding hydrogens is 203 g/mol. The number of nitrogens with one attached hydrogen (secondary N) is 1. The van der Waals surface area contributed by atoms with Crippen molar-refractivity contribution < 1.29 is 4.39 Å². The molecule has 0 saturated carbocycles. The van der Waals surface area contributed by atoms with Gasteiger partial charge in [0, 0.05) is 17.3 Å². The van der Waals surface area contributed by atoms with Crippen LogP contribution in [-0.2, 0) is 6.42 Å². The molecule has 0 aliphatic rings. The highest BCUT2D eigenvalue weighted by atomic mass is 35.5. The molecule has 0 saturated heterocycles. The Morgan fingerprint density at radius 1 is 1.57 bits per heavy atom. The number of hydrogen-bond acceptors (Lipinski definition) is 2. The number of hydrogen-bond donors (Lipinski definition) is 1. The van der Waals surface area contributed by atoms with Gasteiger partial charge < -0.3 is 5.32 Å². The highest BCUT2D eigenvalue weighted by Gasteiger charge is 2.18. The van der Waals surface area contributed by atoms with Crippen molar-refractivity contribution in [3.05, 3.63) is 28.8 Å². The van der Waals surface area contributed by atoms with Crippen molar-refractivity contribution in [2.24, 2.45) is 0 Å². The fourth-order valence-corrected chi connectivity index (χ4v) is 1.33. The van der Waals surface area contributed by atoms with Gasteiger partial charge in [0.05, 0.1) is 5.02 Å². The molecule has 1 aromatic heterocycles. The Labute approximate surface area is 88.5 Å². The van der Waals surface area contributed by atoms with Crippen LogP contribution in [0.3, 0.4) is 0 Å². The molecule has 0 aromatic carbocycles. The first-order chi connectivity index (χ1) is 6.44. The fourth-order valence-electron chi connectivity index (χ4n) is 1.15. The van der Waals surface area contributed by atoms with E-state index in [0.717, 1.165) is 0 Å². The number of pyridine rings is 1. The second kappa shape index (κ2) is 4.24. The van der Waals surface area contributed by atoms with Gasteiger partial charge in [0.15, 0.2) is 0 Å². The van der Waals surface area contributed by atoms with E-state index in [2.05, 4.69) is 10.3 Å². The van der Waals surface area contributed by atoms with Gasteiger partial charge in [-0.15, -0.1) is 0 Å². The number of likely N-dealkylation sites (N-methyl/N-ethyl adjacent to an activating group) is 1. The van der Waals surface area contributed by atoms with Gasteiger partial charge in [-0.1, -0.05) is 11.6 Å². The second-order valence-electron chi connectivity index (χ2n) is 3.91. The maximum atomic E-state index is 13.2. The molecule has 1 heterocycles. The second-order valence-corrected chi connectivity index (χ2v) is 4.35. The summed E-state index contributed by atoms with van der Waals surface area (Å²) < 4.78 is 13.2. The lowest BCUT2D eigenvalue weighted by molar-refractivity contribution is 0.410. The van der Waals surface area contributed by atoms with Crippen LogP contribution in [0.4, 0.5) is 4.39 Å². The third kappa shape index (κ3) is 2.93. The monoisotopic (exact) mass is 216 g/mol. The average Bonchev–Trinajstić information content (AvgIpc) is 2.11. The van der Waals surface area contributed by atoms with E-state index in [1.807, 2.05) is 20.9 Å². The van der Waals surface area contributed by atoms with Gasteiger partial charge in [0.2, 0.25) is 5.95 Å². The minimum absolute atomic E-state index is 0.160. The Morgan fingerprint density at radius 3 is 2.79 bits per heavy atom. The first-order valence-electron chi connectivity index (χ1n) is 4.43. The van der Waals surface area contributed by atoms with E-state index in [0.29, 0.717) is 17.0 Å². The molecule has 0 fully saturated rings. The molecule has 2 nitrogen and oxygen atoms in total. The molecular formula is C10H14ClFN2. The van der Waals surface area contributed by atoms with E-state index < -0.39 is 5.95 Å². The summed E-state index contributed by atoms with van der Waals surface area (Å²) in [5.41, 5.74) is 0.379. The zero-order valence-corrected chi connectivity index (χ0v) is 9.32. The fraction of sp³-hybridized carbons (Fsp3) is 0.500. The summed E-state index contributed by atoms with van der Waals surface area (Å²) in [6.07, 6.45) is 1.87. The lowest BCUT2D eigenvalue weighted by atomic mass is 9.96. The van der Waals surface area contributed by atoms with Crippen molar-refractivity contribution in [3.8, 4) is 0 Å². The summed E-state index contributed by atoms with van der Waals surface area (Å²) in [4.78, 5) is 3.57. The molecule has 0 aliphatic carbocycles. The minimum atomic E-state index is -0.447. The molecule has 14 heavy (non-hydrogen) atoms. The van der Waals surface area contributed by atoms with Crippen molar-refractivity contribution in [2.45, 2.75) is 25.8 Å². The van der Waals surface area contributed by atoms with Crippen LogP contribution in [0.1, 0.15) is 19.4 Å². The van der Waals surface area contributed by atoms with Gasteiger partial charge in [-0.3, -0.25) is 0 Å². The Balaban J connectivity index is 2.91. The van der Waals surface area contributed by atoms with E-state index in [-0.39, 0.29) is 5.54 Å². The predicted molar refractivity (Wildman–Crippen MR) is 56.0 cm³/mol. The first-order valence-corrected chi connectivity index (χ1v) is 4.81. The molecule has 78 valence electrons. The van der Waals surface area contributed by atoms with Crippen molar-refractivity contribution in [3.63, 3.8) is 0 Å². The molecule has 0 atom stereocenters. The Kier molecular flexibility index (Phi) is 3.45. The van der Waals surface area contributed by atoms with Gasteiger partial charge in [0.25, 0.3) is 0 Å². The zero-order valence-electron chi connectivity index (χ0n) is 8.56. The van der Waals surface area contributed by atoms with Gasteiger partial charge in [-0.05, 0) is 33.4 Å². The zero-order chi connectivity index (χ0) is 10.8. The predicted octanol–water partition coefficient (Wildman–Crippen LogP) is 2.41. The van der Waals surface area contributed by atoms with Crippen molar-refractivity contribution >= 4 is 11.6 Å². The highest BCUT2D eigenvalue weighted by molar-refractivity contribution is 6.30. The number of halogens is 2. The summed E-state index contributed by atoms with van der Waals surface area (Å²) in [7, 11) is 1.84. The van der Waals surface area contributed by atoms with Gasteiger partial charge in [-0.2, -0.15) is 4.39 Å². The SMILES string of the molecule is CNC(C)(C)Cc1cc(Cl)cnc1F. The highest BCUT2D eigenvalue weighted by Crippen LogP contribution is 2.17. The maximum Gasteiger partial charge on any atom is 0.216 e. The molecule has 0 aliphatic heterocycles. The van der Waals surface area contributed by atoms with Crippen molar-refractivity contribution in [1.82, 2.24) is 10.3 Å². The summed E-state index contributed by atoms with van der Waals surface area (Å²) in [6.45, 7) is 3.99. The van der Waals surface area contributed by atoms with Crippen LogP contribution < -0.4 is 5.32 Å². The van der Waals surface area contributed by atoms with E-state index in [4.69, 9.17) is 11.6 Å². The first kappa shape index (κ1) is 11.4. The Bertz CT molecular complexity index is 326. The number of aromatic nitrogens is 1. The third-order valence-corrected chi connectivity index (χ3v) is 2.39. The lowest BCUT2D eigenvalue weighted by Crippen LogP contribution is -2.38. The Hall–Kier alpha value is -0.670. The molecule has 1 rings (SSSR count). The van der Waals surface area contributed by atoms with Crippen LogP contribution in [0.15, 0.2) is 12.3 Å². The lowest BCUT2D eigenvalue weighted by Gasteiger charge is -2.23. The minimum Gasteiger partial charge on any atom is -0.314 e. The van der Waals surface area contributed by atoms with Crippen LogP contribution in [0.5, 0.6) is 0 Å². The maximum absolute atomic E-state index is 13.2. The summed E-state index contributed by atoms with van der Waals surface area (Å²) in [5.74, 6) is -0.447. The number of rotatable bonds is 3. The molecule has 1 aromatic rings. The molecule has 0 unspecified atom stereocenters. The quantitative estimate of drug-likeness (QED) is 0.785. The largest absolute Gasteiger partial charge is 0.314 e. The smallest absolute Gasteiger partial charge is 0.216 e. The molecule has 0 radical (unpaired) electrons. The van der Waals surface area contributed by atoms with Crippen LogP contribution >= 0.6 is 11.6 Å². The van der Waals surface area contributed by atoms with E-state index in [1.54, 1.807) is 6.07 Å². The Morgan fingerprint density at radius 2 is 2.21 bits per heavy atom. The summed E-state index contributed by atoms with van der Waals surface area (Å²) in [5, 5.41) is 3.56. The molecule has 1 N–H and O–H groups in total. The number of nitrogens with zero attached hydrogens (tertiary/aromatic N) is 1. The van der Waals surface area contributed by atoms with Gasteiger partial charge >= 0.3 is 0 Å².